The first-order valence-corrected chi connectivity index (χ1v) is 11.3. The topological polar surface area (TPSA) is 88.7 Å². The molecule has 7 nitrogen and oxygen atoms in total. The number of carbonyl (C=O) groups is 2. The summed E-state index contributed by atoms with van der Waals surface area (Å²) in [6, 6.07) is 23.2. The van der Waals surface area contributed by atoms with E-state index < -0.39 is 5.91 Å². The first-order valence-electron chi connectivity index (χ1n) is 10.9. The molecular weight excluding hydrogens is 450 g/mol. The van der Waals surface area contributed by atoms with Gasteiger partial charge in [-0.2, -0.15) is 0 Å². The number of amides is 2. The number of carbonyl (C=O) groups excluding carboxylic acids is 2. The van der Waals surface area contributed by atoms with Crippen LogP contribution in [0.1, 0.15) is 34.6 Å². The molecule has 0 aliphatic heterocycles. The van der Waals surface area contributed by atoms with Crippen molar-refractivity contribution in [3.63, 3.8) is 0 Å². The van der Waals surface area contributed by atoms with Crippen molar-refractivity contribution >= 4 is 34.8 Å². The fraction of sp³-hybridized carbons (Fsp3) is 0.192. The van der Waals surface area contributed by atoms with Gasteiger partial charge in [0.15, 0.2) is 5.11 Å². The minimum atomic E-state index is -0.396. The number of anilines is 1. The van der Waals surface area contributed by atoms with E-state index in [9.17, 15) is 9.59 Å². The molecule has 3 rings (SSSR count). The summed E-state index contributed by atoms with van der Waals surface area (Å²) in [5.41, 5.74) is 1.32. The second-order valence-electron chi connectivity index (χ2n) is 7.62. The van der Waals surface area contributed by atoms with Gasteiger partial charge in [-0.3, -0.25) is 14.9 Å². The average Bonchev–Trinajstić information content (AvgIpc) is 2.82. The molecule has 0 unspecified atom stereocenters. The minimum absolute atomic E-state index is 0.00777. The smallest absolute Gasteiger partial charge is 0.257 e. The molecule has 0 atom stereocenters. The quantitative estimate of drug-likeness (QED) is 0.313. The molecule has 34 heavy (non-hydrogen) atoms. The van der Waals surface area contributed by atoms with Crippen molar-refractivity contribution in [1.82, 2.24) is 10.6 Å². The molecule has 0 saturated carbocycles. The molecule has 3 aromatic rings. The van der Waals surface area contributed by atoms with Gasteiger partial charge in [0.1, 0.15) is 24.7 Å². The summed E-state index contributed by atoms with van der Waals surface area (Å²) in [5.74, 6) is 0.684. The van der Waals surface area contributed by atoms with Gasteiger partial charge in [-0.25, -0.2) is 0 Å². The van der Waals surface area contributed by atoms with Crippen molar-refractivity contribution in [2.75, 3.05) is 18.5 Å². The number of thiocarbonyl (C=S) groups is 1. The lowest BCUT2D eigenvalue weighted by Crippen LogP contribution is -2.35. The molecule has 8 heteroatoms. The second kappa shape index (κ2) is 12.4. The van der Waals surface area contributed by atoms with Crippen LogP contribution in [0.4, 0.5) is 5.69 Å². The summed E-state index contributed by atoms with van der Waals surface area (Å²) in [4.78, 5) is 25.1. The van der Waals surface area contributed by atoms with Crippen LogP contribution in [-0.4, -0.2) is 36.2 Å². The van der Waals surface area contributed by atoms with Crippen LogP contribution in [0.25, 0.3) is 0 Å². The maximum atomic E-state index is 12.7. The van der Waals surface area contributed by atoms with Crippen LogP contribution in [0.5, 0.6) is 11.5 Å². The van der Waals surface area contributed by atoms with Crippen LogP contribution in [-0.2, 0) is 0 Å². The van der Waals surface area contributed by atoms with Crippen molar-refractivity contribution in [3.05, 3.63) is 90.0 Å². The average molecular weight is 478 g/mol. The monoisotopic (exact) mass is 477 g/mol. The summed E-state index contributed by atoms with van der Waals surface area (Å²) in [5, 5.41) is 8.49. The van der Waals surface area contributed by atoms with Gasteiger partial charge in [-0.05, 0) is 68.5 Å². The number of hydrogen-bond acceptors (Lipinski definition) is 5. The molecule has 0 spiro atoms. The van der Waals surface area contributed by atoms with E-state index in [0.29, 0.717) is 35.8 Å². The predicted molar refractivity (Wildman–Crippen MR) is 137 cm³/mol. The summed E-state index contributed by atoms with van der Waals surface area (Å²) in [6.45, 7) is 4.47. The molecule has 0 radical (unpaired) electrons. The summed E-state index contributed by atoms with van der Waals surface area (Å²) in [7, 11) is 0. The lowest BCUT2D eigenvalue weighted by atomic mass is 10.1. The highest BCUT2D eigenvalue weighted by Gasteiger charge is 2.14. The molecule has 0 aliphatic carbocycles. The van der Waals surface area contributed by atoms with E-state index in [2.05, 4.69) is 16.0 Å². The van der Waals surface area contributed by atoms with Gasteiger partial charge in [0.05, 0.1) is 11.3 Å². The summed E-state index contributed by atoms with van der Waals surface area (Å²) >= 11 is 5.29. The fourth-order valence-electron chi connectivity index (χ4n) is 3.02. The normalized spacial score (nSPS) is 10.3. The Balaban J connectivity index is 1.53. The molecule has 2 amide bonds. The first-order chi connectivity index (χ1) is 16.4. The number of hydrogen-bond donors (Lipinski definition) is 3. The predicted octanol–water partition coefficient (Wildman–Crippen LogP) is 4.41. The number of rotatable bonds is 9. The fourth-order valence-corrected chi connectivity index (χ4v) is 3.22. The minimum Gasteiger partial charge on any atom is -0.490 e. The molecule has 0 aliphatic rings. The van der Waals surface area contributed by atoms with Crippen molar-refractivity contribution < 1.29 is 19.1 Å². The zero-order valence-corrected chi connectivity index (χ0v) is 19.9. The van der Waals surface area contributed by atoms with Crippen molar-refractivity contribution in [3.8, 4) is 11.5 Å². The molecule has 0 bridgehead atoms. The molecular formula is C26H27N3O4S. The number of benzene rings is 3. The van der Waals surface area contributed by atoms with E-state index in [1.165, 1.54) is 0 Å². The molecule has 0 heterocycles. The third-order valence-electron chi connectivity index (χ3n) is 4.53. The first kappa shape index (κ1) is 24.7. The lowest BCUT2D eigenvalue weighted by molar-refractivity contribution is 0.0942. The lowest BCUT2D eigenvalue weighted by Gasteiger charge is -2.15. The number of ether oxygens (including phenoxy) is 2. The zero-order valence-electron chi connectivity index (χ0n) is 19.0. The highest BCUT2D eigenvalue weighted by molar-refractivity contribution is 7.80. The molecule has 176 valence electrons. The molecule has 0 aromatic heterocycles. The van der Waals surface area contributed by atoms with E-state index in [0.717, 1.165) is 5.75 Å². The molecule has 0 saturated heterocycles. The van der Waals surface area contributed by atoms with Gasteiger partial charge in [0, 0.05) is 11.6 Å². The Kier molecular flexibility index (Phi) is 8.99. The van der Waals surface area contributed by atoms with Crippen LogP contribution >= 0.6 is 12.2 Å². The largest absolute Gasteiger partial charge is 0.490 e. The van der Waals surface area contributed by atoms with E-state index >= 15 is 0 Å². The Labute approximate surface area is 204 Å². The maximum absolute atomic E-state index is 12.7. The highest BCUT2D eigenvalue weighted by atomic mass is 32.1. The van der Waals surface area contributed by atoms with Crippen LogP contribution < -0.4 is 25.4 Å². The molecule has 3 N–H and O–H groups in total. The van der Waals surface area contributed by atoms with Gasteiger partial charge in [0.25, 0.3) is 11.8 Å². The van der Waals surface area contributed by atoms with Gasteiger partial charge in [0.2, 0.25) is 0 Å². The molecule has 0 fully saturated rings. The third-order valence-corrected chi connectivity index (χ3v) is 4.73. The van der Waals surface area contributed by atoms with Crippen LogP contribution in [0.3, 0.4) is 0 Å². The Morgan fingerprint density at radius 3 is 2.21 bits per heavy atom. The van der Waals surface area contributed by atoms with Crippen molar-refractivity contribution in [2.45, 2.75) is 19.9 Å². The number of nitrogens with one attached hydrogen (secondary N) is 3. The second-order valence-corrected chi connectivity index (χ2v) is 8.03. The van der Waals surface area contributed by atoms with Gasteiger partial charge < -0.3 is 20.1 Å². The van der Waals surface area contributed by atoms with E-state index in [1.807, 2.05) is 44.2 Å². The van der Waals surface area contributed by atoms with Crippen LogP contribution in [0.15, 0.2) is 78.9 Å². The Morgan fingerprint density at radius 2 is 1.47 bits per heavy atom. The van der Waals surface area contributed by atoms with Gasteiger partial charge in [-0.15, -0.1) is 0 Å². The van der Waals surface area contributed by atoms with Crippen LogP contribution in [0, 0.1) is 0 Å². The summed E-state index contributed by atoms with van der Waals surface area (Å²) < 4.78 is 11.3. The Morgan fingerprint density at radius 1 is 0.824 bits per heavy atom. The zero-order chi connectivity index (χ0) is 24.3. The number of para-hydroxylation sites is 2. The van der Waals surface area contributed by atoms with E-state index in [4.69, 9.17) is 21.7 Å². The van der Waals surface area contributed by atoms with Crippen LogP contribution in [0.2, 0.25) is 0 Å². The Bertz CT molecular complexity index is 1140. The standard InChI is InChI=1S/C26H27N3O4S/c1-18(2)27-25(31)22-13-6-7-14-23(22)28-26(34)29-24(30)19-9-8-12-21(17-19)33-16-15-32-20-10-4-3-5-11-20/h3-14,17-18H,15-16H2,1-2H3,(H,27,31)(H2,28,29,30,34). The Hall–Kier alpha value is -3.91. The van der Waals surface area contributed by atoms with Crippen molar-refractivity contribution in [2.24, 2.45) is 0 Å². The molecule has 3 aromatic carbocycles. The maximum Gasteiger partial charge on any atom is 0.257 e. The van der Waals surface area contributed by atoms with Gasteiger partial charge in [-0.1, -0.05) is 36.4 Å². The van der Waals surface area contributed by atoms with Crippen molar-refractivity contribution in [1.29, 1.82) is 0 Å². The summed E-state index contributed by atoms with van der Waals surface area (Å²) in [6.07, 6.45) is 0. The van der Waals surface area contributed by atoms with E-state index in [1.54, 1.807) is 48.5 Å². The highest BCUT2D eigenvalue weighted by Crippen LogP contribution is 2.16. The van der Waals surface area contributed by atoms with Gasteiger partial charge >= 0.3 is 0 Å². The third kappa shape index (κ3) is 7.60. The van der Waals surface area contributed by atoms with E-state index in [-0.39, 0.29) is 17.1 Å². The SMILES string of the molecule is CC(C)NC(=O)c1ccccc1NC(=S)NC(=O)c1cccc(OCCOc2ccccc2)c1.